The number of benzene rings is 1. The van der Waals surface area contributed by atoms with E-state index in [2.05, 4.69) is 12.2 Å². The number of fused-ring (bicyclic) bond motifs is 1. The highest BCUT2D eigenvalue weighted by atomic mass is 16.5. The normalized spacial score (nSPS) is 13.9. The molecule has 1 heterocycles. The molecule has 1 aliphatic heterocycles. The second-order valence-corrected chi connectivity index (χ2v) is 4.37. The van der Waals surface area contributed by atoms with Crippen LogP contribution in [0.1, 0.15) is 39.0 Å². The van der Waals surface area contributed by atoms with E-state index in [9.17, 15) is 0 Å². The maximum atomic E-state index is 5.95. The van der Waals surface area contributed by atoms with Crippen LogP contribution in [0.5, 0.6) is 5.75 Å². The van der Waals surface area contributed by atoms with Gasteiger partial charge in [-0.1, -0.05) is 38.3 Å². The van der Waals surface area contributed by atoms with Gasteiger partial charge in [-0.2, -0.15) is 0 Å². The van der Waals surface area contributed by atoms with Crippen LogP contribution in [-0.4, -0.2) is 0 Å². The van der Waals surface area contributed by atoms with Gasteiger partial charge in [-0.15, -0.1) is 0 Å². The summed E-state index contributed by atoms with van der Waals surface area (Å²) in [6.45, 7) is 2.21. The van der Waals surface area contributed by atoms with Crippen LogP contribution in [0.2, 0.25) is 0 Å². The van der Waals surface area contributed by atoms with Gasteiger partial charge in [0, 0.05) is 6.42 Å². The third-order valence-electron chi connectivity index (χ3n) is 2.95. The zero-order chi connectivity index (χ0) is 12.1. The van der Waals surface area contributed by atoms with Gasteiger partial charge in [0.25, 0.3) is 0 Å². The van der Waals surface area contributed by atoms with E-state index < -0.39 is 0 Å². The van der Waals surface area contributed by atoms with Gasteiger partial charge in [-0.25, -0.2) is 0 Å². The Bertz CT molecular complexity index is 412. The predicted molar refractivity (Wildman–Crippen MR) is 70.7 cm³/mol. The van der Waals surface area contributed by atoms with Crippen LogP contribution in [0.15, 0.2) is 35.8 Å². The summed E-state index contributed by atoms with van der Waals surface area (Å²) in [5, 5.41) is 3.18. The molecule has 0 fully saturated rings. The number of anilines is 1. The zero-order valence-electron chi connectivity index (χ0n) is 10.3. The number of allylic oxidation sites excluding steroid dienone is 1. The third-order valence-corrected chi connectivity index (χ3v) is 2.95. The Kier molecular flexibility index (Phi) is 3.91. The first-order chi connectivity index (χ1) is 8.31. The Morgan fingerprint density at radius 1 is 1.18 bits per heavy atom. The highest BCUT2D eigenvalue weighted by Crippen LogP contribution is 2.32. The number of nitrogens with one attached hydrogen (secondary N) is 1. The molecule has 0 aromatic heterocycles. The lowest BCUT2D eigenvalue weighted by Gasteiger charge is -2.22. The monoisotopic (exact) mass is 232 g/mol. The molecule has 0 aliphatic carbocycles. The van der Waals surface area contributed by atoms with Crippen LogP contribution in [-0.2, 0) is 0 Å². The number of para-hydroxylation sites is 2. The van der Waals surface area contributed by atoms with Crippen molar-refractivity contribution in [2.45, 2.75) is 39.0 Å². The summed E-state index contributed by atoms with van der Waals surface area (Å²) < 4.78 is 5.82. The van der Waals surface area contributed by atoms with Crippen molar-refractivity contribution < 1.29 is 4.74 Å². The van der Waals surface area contributed by atoms with Crippen molar-refractivity contribution in [3.8, 4) is 5.75 Å². The molecule has 17 heavy (non-hydrogen) atoms. The topological polar surface area (TPSA) is 47.3 Å². The molecular weight excluding hydrogens is 212 g/mol. The number of hydrogen-bond acceptors (Lipinski definition) is 3. The van der Waals surface area contributed by atoms with E-state index in [1.807, 2.05) is 24.3 Å². The molecule has 0 saturated heterocycles. The van der Waals surface area contributed by atoms with Crippen LogP contribution < -0.4 is 15.8 Å². The van der Waals surface area contributed by atoms with Crippen molar-refractivity contribution in [1.29, 1.82) is 0 Å². The molecule has 0 atom stereocenters. The fourth-order valence-corrected chi connectivity index (χ4v) is 1.96. The largest absolute Gasteiger partial charge is 0.456 e. The van der Waals surface area contributed by atoms with Gasteiger partial charge in [0.15, 0.2) is 5.75 Å². The van der Waals surface area contributed by atoms with Crippen molar-refractivity contribution >= 4 is 5.69 Å². The van der Waals surface area contributed by atoms with Gasteiger partial charge < -0.3 is 15.8 Å². The Morgan fingerprint density at radius 3 is 2.82 bits per heavy atom. The summed E-state index contributed by atoms with van der Waals surface area (Å²) in [4.78, 5) is 0. The van der Waals surface area contributed by atoms with Crippen molar-refractivity contribution in [2.24, 2.45) is 5.73 Å². The molecule has 92 valence electrons. The lowest BCUT2D eigenvalue weighted by atomic mass is 10.1. The number of unbranched alkanes of at least 4 members (excludes halogenated alkanes) is 3. The van der Waals surface area contributed by atoms with Crippen LogP contribution in [0.25, 0.3) is 0 Å². The SMILES string of the molecule is CCCCCCC1=C(N)Nc2ccccc2O1. The molecule has 1 aliphatic rings. The summed E-state index contributed by atoms with van der Waals surface area (Å²) in [6, 6.07) is 7.86. The average molecular weight is 232 g/mol. The molecule has 0 saturated carbocycles. The van der Waals surface area contributed by atoms with Crippen LogP contribution in [0, 0.1) is 0 Å². The summed E-state index contributed by atoms with van der Waals surface area (Å²) in [6.07, 6.45) is 5.80. The first-order valence-corrected chi connectivity index (χ1v) is 6.33. The lowest BCUT2D eigenvalue weighted by molar-refractivity contribution is 0.384. The number of nitrogens with two attached hydrogens (primary N) is 1. The quantitative estimate of drug-likeness (QED) is 0.763. The maximum Gasteiger partial charge on any atom is 0.150 e. The van der Waals surface area contributed by atoms with E-state index >= 15 is 0 Å². The van der Waals surface area contributed by atoms with Gasteiger partial charge in [0.2, 0.25) is 0 Å². The molecule has 0 bridgehead atoms. The molecule has 3 heteroatoms. The molecule has 2 rings (SSSR count). The summed E-state index contributed by atoms with van der Waals surface area (Å²) in [7, 11) is 0. The third kappa shape index (κ3) is 2.93. The number of rotatable bonds is 5. The van der Waals surface area contributed by atoms with Crippen molar-refractivity contribution in [3.63, 3.8) is 0 Å². The van der Waals surface area contributed by atoms with Gasteiger partial charge in [0.1, 0.15) is 11.6 Å². The second kappa shape index (κ2) is 5.62. The van der Waals surface area contributed by atoms with E-state index in [4.69, 9.17) is 10.5 Å². The summed E-state index contributed by atoms with van der Waals surface area (Å²) in [5.41, 5.74) is 6.90. The molecule has 0 radical (unpaired) electrons. The molecular formula is C14H20N2O. The van der Waals surface area contributed by atoms with Crippen LogP contribution in [0.3, 0.4) is 0 Å². The van der Waals surface area contributed by atoms with Crippen molar-refractivity contribution in [2.75, 3.05) is 5.32 Å². The molecule has 3 nitrogen and oxygen atoms in total. The molecule has 1 aromatic rings. The molecule has 3 N–H and O–H groups in total. The first-order valence-electron chi connectivity index (χ1n) is 6.33. The number of ether oxygens (including phenoxy) is 1. The molecule has 0 amide bonds. The van der Waals surface area contributed by atoms with E-state index in [0.29, 0.717) is 5.82 Å². The van der Waals surface area contributed by atoms with Gasteiger partial charge in [-0.3, -0.25) is 0 Å². The Labute approximate surface area is 103 Å². The van der Waals surface area contributed by atoms with Gasteiger partial charge in [0.05, 0.1) is 5.69 Å². The van der Waals surface area contributed by atoms with Crippen molar-refractivity contribution in [3.05, 3.63) is 35.8 Å². The Hall–Kier alpha value is -1.64. The molecule has 0 unspecified atom stereocenters. The maximum absolute atomic E-state index is 5.95. The van der Waals surface area contributed by atoms with E-state index in [0.717, 1.165) is 30.0 Å². The average Bonchev–Trinajstić information content (AvgIpc) is 2.35. The van der Waals surface area contributed by atoms with E-state index in [1.54, 1.807) is 0 Å². The standard InChI is InChI=1S/C14H20N2O/c1-2-3-4-5-10-13-14(15)16-11-8-6-7-9-12(11)17-13/h6-9,16H,2-5,10,15H2,1H3. The molecule has 1 aromatic carbocycles. The lowest BCUT2D eigenvalue weighted by Crippen LogP contribution is -2.20. The second-order valence-electron chi connectivity index (χ2n) is 4.37. The Balaban J connectivity index is 1.95. The van der Waals surface area contributed by atoms with E-state index in [-0.39, 0.29) is 0 Å². The fraction of sp³-hybridized carbons (Fsp3) is 0.429. The van der Waals surface area contributed by atoms with Crippen LogP contribution >= 0.6 is 0 Å². The van der Waals surface area contributed by atoms with Gasteiger partial charge in [-0.05, 0) is 18.6 Å². The highest BCUT2D eigenvalue weighted by molar-refractivity contribution is 5.62. The predicted octanol–water partition coefficient (Wildman–Crippen LogP) is 3.59. The summed E-state index contributed by atoms with van der Waals surface area (Å²) in [5.74, 6) is 2.40. The minimum Gasteiger partial charge on any atom is -0.456 e. The highest BCUT2D eigenvalue weighted by Gasteiger charge is 2.16. The van der Waals surface area contributed by atoms with Crippen LogP contribution in [0.4, 0.5) is 5.69 Å². The smallest absolute Gasteiger partial charge is 0.150 e. The Morgan fingerprint density at radius 2 is 2.00 bits per heavy atom. The van der Waals surface area contributed by atoms with Gasteiger partial charge >= 0.3 is 0 Å². The minimum atomic E-state index is 0.653. The minimum absolute atomic E-state index is 0.653. The van der Waals surface area contributed by atoms with Crippen molar-refractivity contribution in [1.82, 2.24) is 0 Å². The number of hydrogen-bond donors (Lipinski definition) is 2. The van der Waals surface area contributed by atoms with E-state index in [1.165, 1.54) is 19.3 Å². The first kappa shape index (κ1) is 11.8. The molecule has 0 spiro atoms. The fourth-order valence-electron chi connectivity index (χ4n) is 1.96. The zero-order valence-corrected chi connectivity index (χ0v) is 10.3. The summed E-state index contributed by atoms with van der Waals surface area (Å²) >= 11 is 0.